The largest absolute Gasteiger partial charge is 0.481 e. The van der Waals surface area contributed by atoms with Crippen molar-refractivity contribution in [3.63, 3.8) is 0 Å². The van der Waals surface area contributed by atoms with Crippen LogP contribution in [0.25, 0.3) is 0 Å². The zero-order valence-corrected chi connectivity index (χ0v) is 13.4. The van der Waals surface area contributed by atoms with Crippen LogP contribution in [-0.2, 0) is 19.2 Å². The summed E-state index contributed by atoms with van der Waals surface area (Å²) >= 11 is 0. The summed E-state index contributed by atoms with van der Waals surface area (Å²) in [4.78, 5) is 43.0. The topological polar surface area (TPSA) is 161 Å². The van der Waals surface area contributed by atoms with Crippen LogP contribution in [0.2, 0.25) is 0 Å². The third-order valence-corrected chi connectivity index (χ3v) is 3.68. The van der Waals surface area contributed by atoms with E-state index in [1.54, 1.807) is 0 Å². The third-order valence-electron chi connectivity index (χ3n) is 3.68. The van der Waals surface area contributed by atoms with Crippen molar-refractivity contribution in [1.29, 1.82) is 0 Å². The molecule has 10 nitrogen and oxygen atoms in total. The number of rotatable bonds is 15. The summed E-state index contributed by atoms with van der Waals surface area (Å²) in [5, 5.41) is 38.1. The zero-order chi connectivity index (χ0) is 18.6. The number of nitrogens with one attached hydrogen (secondary N) is 1. The van der Waals surface area contributed by atoms with Crippen molar-refractivity contribution in [3.8, 4) is 0 Å². The molecule has 0 fully saturated rings. The van der Waals surface area contributed by atoms with Gasteiger partial charge in [-0.15, -0.1) is 0 Å². The number of aliphatic carboxylic acids is 4. The van der Waals surface area contributed by atoms with Crippen molar-refractivity contribution < 1.29 is 44.1 Å². The van der Waals surface area contributed by atoms with E-state index in [9.17, 15) is 19.2 Å². The first-order valence-electron chi connectivity index (χ1n) is 7.60. The Balaban J connectivity index is 4.84. The Morgan fingerprint density at radius 2 is 0.958 bits per heavy atom. The molecular formula is C14H25N2O8+. The quantitative estimate of drug-likeness (QED) is 0.190. The van der Waals surface area contributed by atoms with Crippen LogP contribution >= 0.6 is 0 Å². The molecule has 0 bridgehead atoms. The van der Waals surface area contributed by atoms with Gasteiger partial charge in [0.15, 0.2) is 0 Å². The van der Waals surface area contributed by atoms with Crippen molar-refractivity contribution in [3.05, 3.63) is 0 Å². The van der Waals surface area contributed by atoms with Crippen molar-refractivity contribution in [2.45, 2.75) is 25.7 Å². The van der Waals surface area contributed by atoms with Gasteiger partial charge in [-0.25, -0.2) is 0 Å². The van der Waals surface area contributed by atoms with E-state index >= 15 is 0 Å². The first-order valence-corrected chi connectivity index (χ1v) is 7.60. The molecule has 24 heavy (non-hydrogen) atoms. The molecule has 0 saturated heterocycles. The molecule has 0 heterocycles. The fraction of sp³-hybridized carbons (Fsp3) is 0.714. The van der Waals surface area contributed by atoms with Crippen LogP contribution in [0.4, 0.5) is 0 Å². The van der Waals surface area contributed by atoms with E-state index in [0.717, 1.165) is 0 Å². The van der Waals surface area contributed by atoms with E-state index < -0.39 is 23.9 Å². The van der Waals surface area contributed by atoms with E-state index in [-0.39, 0.29) is 56.3 Å². The monoisotopic (exact) mass is 349 g/mol. The van der Waals surface area contributed by atoms with E-state index in [0.29, 0.717) is 13.1 Å². The SMILES string of the molecule is O=C(O)CCNCC[N+](CCC(=O)O)(CCC(=O)O)CCC(=O)O. The molecule has 0 atom stereocenters. The van der Waals surface area contributed by atoms with Gasteiger partial charge in [0.25, 0.3) is 0 Å². The average Bonchev–Trinajstić information content (AvgIpc) is 2.47. The molecule has 0 rings (SSSR count). The van der Waals surface area contributed by atoms with Gasteiger partial charge in [0.05, 0.1) is 51.9 Å². The Morgan fingerprint density at radius 1 is 0.583 bits per heavy atom. The van der Waals surface area contributed by atoms with Crippen molar-refractivity contribution in [2.75, 3.05) is 39.3 Å². The zero-order valence-electron chi connectivity index (χ0n) is 13.4. The summed E-state index contributed by atoms with van der Waals surface area (Å²) < 4.78 is 0.0466. The standard InChI is InChI=1S/C14H24N2O8/c17-11(18)1-5-15-6-10-16(7-2-12(19)20,8-3-13(21)22)9-4-14(23)24/h15H,1-10H2,(H3-,17,18,19,20,21,22,23,24)/p+1. The summed E-state index contributed by atoms with van der Waals surface area (Å²) in [5.41, 5.74) is 0. The van der Waals surface area contributed by atoms with Gasteiger partial charge >= 0.3 is 23.9 Å². The molecule has 0 saturated carbocycles. The molecular weight excluding hydrogens is 324 g/mol. The molecule has 0 aliphatic carbocycles. The lowest BCUT2D eigenvalue weighted by atomic mass is 10.2. The number of carboxylic acids is 4. The number of carboxylic acid groups (broad SMARTS) is 4. The summed E-state index contributed by atoms with van der Waals surface area (Å²) in [5.74, 6) is -4.07. The van der Waals surface area contributed by atoms with Crippen LogP contribution in [-0.4, -0.2) is 88.1 Å². The van der Waals surface area contributed by atoms with E-state index in [4.69, 9.17) is 20.4 Å². The summed E-state index contributed by atoms with van der Waals surface area (Å²) in [6, 6.07) is 0. The molecule has 0 aliphatic rings. The highest BCUT2D eigenvalue weighted by Gasteiger charge is 2.29. The van der Waals surface area contributed by atoms with Gasteiger partial charge in [-0.05, 0) is 0 Å². The molecule has 0 spiro atoms. The highest BCUT2D eigenvalue weighted by Crippen LogP contribution is 2.12. The lowest BCUT2D eigenvalue weighted by Gasteiger charge is -2.38. The maximum Gasteiger partial charge on any atom is 0.309 e. The summed E-state index contributed by atoms with van der Waals surface area (Å²) in [6.45, 7) is 1.26. The number of quaternary nitrogens is 1. The highest BCUT2D eigenvalue weighted by atomic mass is 16.4. The molecule has 0 radical (unpaired) electrons. The maximum absolute atomic E-state index is 10.8. The van der Waals surface area contributed by atoms with Gasteiger partial charge in [0.1, 0.15) is 0 Å². The Kier molecular flexibility index (Phi) is 10.3. The van der Waals surface area contributed by atoms with Crippen LogP contribution < -0.4 is 5.32 Å². The van der Waals surface area contributed by atoms with E-state index in [1.165, 1.54) is 0 Å². The fourth-order valence-electron chi connectivity index (χ4n) is 2.31. The third kappa shape index (κ3) is 11.4. The normalized spacial score (nSPS) is 11.2. The smallest absolute Gasteiger partial charge is 0.309 e. The lowest BCUT2D eigenvalue weighted by Crippen LogP contribution is -2.54. The van der Waals surface area contributed by atoms with E-state index in [1.807, 2.05) is 0 Å². The molecule has 0 amide bonds. The lowest BCUT2D eigenvalue weighted by molar-refractivity contribution is -0.925. The molecule has 0 aliphatic heterocycles. The second-order valence-corrected chi connectivity index (χ2v) is 5.56. The number of hydrogen-bond acceptors (Lipinski definition) is 5. The minimum absolute atomic E-state index is 0.0466. The number of hydrogen-bond donors (Lipinski definition) is 5. The molecule has 0 aromatic carbocycles. The molecule has 0 aromatic heterocycles. The average molecular weight is 349 g/mol. The first kappa shape index (κ1) is 21.8. The van der Waals surface area contributed by atoms with Gasteiger partial charge < -0.3 is 30.2 Å². The van der Waals surface area contributed by atoms with Crippen LogP contribution in [0, 0.1) is 0 Å². The molecule has 5 N–H and O–H groups in total. The second kappa shape index (κ2) is 11.4. The van der Waals surface area contributed by atoms with Crippen LogP contribution in [0.5, 0.6) is 0 Å². The van der Waals surface area contributed by atoms with Crippen LogP contribution in [0.15, 0.2) is 0 Å². The Bertz CT molecular complexity index is 407. The fourth-order valence-corrected chi connectivity index (χ4v) is 2.31. The maximum atomic E-state index is 10.8. The predicted octanol–water partition coefficient (Wildman–Crippen LogP) is -0.708. The van der Waals surface area contributed by atoms with Gasteiger partial charge in [-0.3, -0.25) is 19.2 Å². The van der Waals surface area contributed by atoms with E-state index in [2.05, 4.69) is 5.32 Å². The molecule has 0 aromatic rings. The second-order valence-electron chi connectivity index (χ2n) is 5.56. The van der Waals surface area contributed by atoms with Crippen molar-refractivity contribution in [2.24, 2.45) is 0 Å². The van der Waals surface area contributed by atoms with Gasteiger partial charge in [0, 0.05) is 13.1 Å². The number of carbonyl (C=O) groups is 4. The first-order chi connectivity index (χ1) is 11.2. The van der Waals surface area contributed by atoms with Gasteiger partial charge in [-0.2, -0.15) is 0 Å². The summed E-state index contributed by atoms with van der Waals surface area (Å²) in [7, 11) is 0. The van der Waals surface area contributed by atoms with Gasteiger partial charge in [-0.1, -0.05) is 0 Å². The van der Waals surface area contributed by atoms with Crippen LogP contribution in [0.3, 0.4) is 0 Å². The Hall–Kier alpha value is -2.20. The Labute approximate surface area is 139 Å². The Morgan fingerprint density at radius 3 is 1.29 bits per heavy atom. The minimum atomic E-state index is -1.04. The minimum Gasteiger partial charge on any atom is -0.481 e. The van der Waals surface area contributed by atoms with Crippen molar-refractivity contribution >= 4 is 23.9 Å². The van der Waals surface area contributed by atoms with Crippen LogP contribution in [0.1, 0.15) is 25.7 Å². The molecule has 10 heteroatoms. The molecule has 138 valence electrons. The number of nitrogens with zero attached hydrogens (tertiary/aromatic N) is 1. The van der Waals surface area contributed by atoms with Crippen molar-refractivity contribution in [1.82, 2.24) is 5.32 Å². The highest BCUT2D eigenvalue weighted by molar-refractivity contribution is 5.68. The molecule has 0 unspecified atom stereocenters. The summed E-state index contributed by atoms with van der Waals surface area (Å²) in [6.07, 6.45) is -0.670. The predicted molar refractivity (Wildman–Crippen MR) is 81.6 cm³/mol. The van der Waals surface area contributed by atoms with Gasteiger partial charge in [0.2, 0.25) is 0 Å².